The fourth-order valence-electron chi connectivity index (χ4n) is 4.41. The fourth-order valence-corrected chi connectivity index (χ4v) is 4.41. The Labute approximate surface area is 192 Å². The number of nitrogens with one attached hydrogen (secondary N) is 1. The van der Waals surface area contributed by atoms with E-state index in [9.17, 15) is 15.2 Å². The van der Waals surface area contributed by atoms with Crippen LogP contribution < -0.4 is 16.0 Å². The Morgan fingerprint density at radius 1 is 1.27 bits per heavy atom. The SMILES string of the molecule is CC(C)(C)N(C(=O)O)C1CCN(c2nc(Nc3cc(N)cc(C#N)c3)nc3ccccc23)C1. The molecule has 1 unspecified atom stereocenters. The minimum atomic E-state index is -0.917. The van der Waals surface area contributed by atoms with E-state index in [1.54, 1.807) is 18.2 Å². The lowest BCUT2D eigenvalue weighted by Gasteiger charge is -2.38. The number of nitrogen functional groups attached to an aromatic ring is 1. The van der Waals surface area contributed by atoms with E-state index in [1.165, 1.54) is 4.90 Å². The van der Waals surface area contributed by atoms with Crippen LogP contribution in [-0.4, -0.2) is 50.7 Å². The number of hydrogen-bond donors (Lipinski definition) is 3. The third-order valence-corrected chi connectivity index (χ3v) is 5.68. The van der Waals surface area contributed by atoms with Crippen molar-refractivity contribution >= 4 is 40.1 Å². The van der Waals surface area contributed by atoms with Gasteiger partial charge in [-0.1, -0.05) is 12.1 Å². The topological polar surface area (TPSA) is 131 Å². The van der Waals surface area contributed by atoms with Crippen LogP contribution in [0.2, 0.25) is 0 Å². The van der Waals surface area contributed by atoms with Gasteiger partial charge in [-0.3, -0.25) is 4.90 Å². The fraction of sp³-hybridized carbons (Fsp3) is 0.333. The van der Waals surface area contributed by atoms with Gasteiger partial charge >= 0.3 is 6.09 Å². The molecule has 4 N–H and O–H groups in total. The van der Waals surface area contributed by atoms with Crippen LogP contribution in [0.4, 0.5) is 27.9 Å². The molecule has 0 aliphatic carbocycles. The molecule has 1 aliphatic rings. The van der Waals surface area contributed by atoms with Crippen LogP contribution in [-0.2, 0) is 0 Å². The maximum Gasteiger partial charge on any atom is 0.408 e. The van der Waals surface area contributed by atoms with Crippen molar-refractivity contribution in [2.24, 2.45) is 0 Å². The lowest BCUT2D eigenvalue weighted by molar-refractivity contribution is 0.0763. The molecule has 2 heterocycles. The van der Waals surface area contributed by atoms with E-state index in [2.05, 4.69) is 21.3 Å². The molecule has 3 aromatic rings. The van der Waals surface area contributed by atoms with E-state index in [1.807, 2.05) is 45.0 Å². The molecule has 0 bridgehead atoms. The number of fused-ring (bicyclic) bond motifs is 1. The van der Waals surface area contributed by atoms with Gasteiger partial charge in [0.1, 0.15) is 5.82 Å². The van der Waals surface area contributed by atoms with E-state index < -0.39 is 11.6 Å². The summed E-state index contributed by atoms with van der Waals surface area (Å²) in [7, 11) is 0. The summed E-state index contributed by atoms with van der Waals surface area (Å²) in [6, 6.07) is 14.7. The molecule has 1 aliphatic heterocycles. The predicted molar refractivity (Wildman–Crippen MR) is 129 cm³/mol. The summed E-state index contributed by atoms with van der Waals surface area (Å²) in [4.78, 5) is 25.0. The van der Waals surface area contributed by atoms with Crippen molar-refractivity contribution in [3.8, 4) is 6.07 Å². The molecule has 0 spiro atoms. The Bertz CT molecular complexity index is 1250. The van der Waals surface area contributed by atoms with Crippen molar-refractivity contribution < 1.29 is 9.90 Å². The van der Waals surface area contributed by atoms with Crippen molar-refractivity contribution in [2.75, 3.05) is 29.0 Å². The Hall–Kier alpha value is -4.06. The number of nitriles is 1. The highest BCUT2D eigenvalue weighted by Gasteiger charge is 2.38. The van der Waals surface area contributed by atoms with Gasteiger partial charge in [0.2, 0.25) is 5.95 Å². The van der Waals surface area contributed by atoms with Gasteiger partial charge in [0.15, 0.2) is 0 Å². The van der Waals surface area contributed by atoms with Crippen LogP contribution in [0.3, 0.4) is 0 Å². The first-order valence-electron chi connectivity index (χ1n) is 10.8. The molecule has 1 amide bonds. The first-order valence-corrected chi connectivity index (χ1v) is 10.8. The van der Waals surface area contributed by atoms with Crippen LogP contribution in [0, 0.1) is 11.3 Å². The largest absolute Gasteiger partial charge is 0.465 e. The highest BCUT2D eigenvalue weighted by molar-refractivity contribution is 5.91. The molecule has 1 fully saturated rings. The average molecular weight is 446 g/mol. The van der Waals surface area contributed by atoms with Gasteiger partial charge in [-0.2, -0.15) is 10.2 Å². The number of carboxylic acid groups (broad SMARTS) is 1. The third kappa shape index (κ3) is 4.60. The Kier molecular flexibility index (Phi) is 5.68. The van der Waals surface area contributed by atoms with Crippen molar-refractivity contribution in [1.29, 1.82) is 5.26 Å². The van der Waals surface area contributed by atoms with E-state index in [-0.39, 0.29) is 6.04 Å². The van der Waals surface area contributed by atoms with Gasteiger partial charge in [0.05, 0.1) is 23.2 Å². The number of nitrogens with two attached hydrogens (primary N) is 1. The normalized spacial score (nSPS) is 15.9. The zero-order chi connectivity index (χ0) is 23.8. The molecule has 33 heavy (non-hydrogen) atoms. The summed E-state index contributed by atoms with van der Waals surface area (Å²) >= 11 is 0. The monoisotopic (exact) mass is 445 g/mol. The van der Waals surface area contributed by atoms with Crippen LogP contribution in [0.25, 0.3) is 10.9 Å². The second-order valence-corrected chi connectivity index (χ2v) is 9.18. The van der Waals surface area contributed by atoms with E-state index >= 15 is 0 Å². The van der Waals surface area contributed by atoms with Crippen molar-refractivity contribution in [3.63, 3.8) is 0 Å². The minimum absolute atomic E-state index is 0.139. The predicted octanol–water partition coefficient (Wildman–Crippen LogP) is 4.18. The second kappa shape index (κ2) is 8.47. The molecule has 170 valence electrons. The van der Waals surface area contributed by atoms with Crippen LogP contribution >= 0.6 is 0 Å². The van der Waals surface area contributed by atoms with Gasteiger partial charge in [-0.05, 0) is 57.5 Å². The zero-order valence-corrected chi connectivity index (χ0v) is 18.9. The number of benzene rings is 2. The molecule has 4 rings (SSSR count). The second-order valence-electron chi connectivity index (χ2n) is 9.18. The minimum Gasteiger partial charge on any atom is -0.465 e. The first kappa shape index (κ1) is 22.1. The summed E-state index contributed by atoms with van der Waals surface area (Å²) in [6.07, 6.45) is -0.204. The first-order chi connectivity index (χ1) is 15.7. The Morgan fingerprint density at radius 3 is 2.73 bits per heavy atom. The molecular weight excluding hydrogens is 418 g/mol. The molecule has 9 heteroatoms. The Morgan fingerprint density at radius 2 is 2.03 bits per heavy atom. The van der Waals surface area contributed by atoms with Crippen LogP contribution in [0.1, 0.15) is 32.8 Å². The molecule has 1 saturated heterocycles. The summed E-state index contributed by atoms with van der Waals surface area (Å²) in [6.45, 7) is 6.95. The smallest absolute Gasteiger partial charge is 0.408 e. The van der Waals surface area contributed by atoms with Crippen LogP contribution in [0.15, 0.2) is 42.5 Å². The Balaban J connectivity index is 1.69. The standard InChI is InChI=1S/C24H27N7O2/c1-24(2,3)31(23(32)33)18-8-9-30(14-18)21-19-6-4-5-7-20(19)28-22(29-21)27-17-11-15(13-25)10-16(26)12-17/h4-7,10-12,18H,8-9,14,26H2,1-3H3,(H,32,33)(H,27,28,29). The van der Waals surface area contributed by atoms with Crippen molar-refractivity contribution in [2.45, 2.75) is 38.8 Å². The number of nitrogens with zero attached hydrogens (tertiary/aromatic N) is 5. The highest BCUT2D eigenvalue weighted by Crippen LogP contribution is 2.32. The number of carbonyl (C=O) groups is 1. The van der Waals surface area contributed by atoms with E-state index in [4.69, 9.17) is 10.7 Å². The molecule has 2 aromatic carbocycles. The van der Waals surface area contributed by atoms with Crippen molar-refractivity contribution in [3.05, 3.63) is 48.0 Å². The molecular formula is C24H27N7O2. The molecule has 9 nitrogen and oxygen atoms in total. The summed E-state index contributed by atoms with van der Waals surface area (Å²) in [5.41, 5.74) is 7.72. The molecule has 0 saturated carbocycles. The van der Waals surface area contributed by atoms with E-state index in [0.717, 1.165) is 16.7 Å². The molecule has 1 aromatic heterocycles. The lowest BCUT2D eigenvalue weighted by atomic mass is 10.0. The summed E-state index contributed by atoms with van der Waals surface area (Å²) < 4.78 is 0. The summed E-state index contributed by atoms with van der Waals surface area (Å²) in [5.74, 6) is 1.13. The number of hydrogen-bond acceptors (Lipinski definition) is 7. The highest BCUT2D eigenvalue weighted by atomic mass is 16.4. The number of anilines is 4. The average Bonchev–Trinajstić information content (AvgIpc) is 3.20. The molecule has 0 radical (unpaired) electrons. The molecule has 1 atom stereocenters. The van der Waals surface area contributed by atoms with E-state index in [0.29, 0.717) is 42.4 Å². The number of para-hydroxylation sites is 1. The quantitative estimate of drug-likeness (QED) is 0.510. The van der Waals surface area contributed by atoms with Crippen molar-refractivity contribution in [1.82, 2.24) is 14.9 Å². The maximum atomic E-state index is 12.0. The third-order valence-electron chi connectivity index (χ3n) is 5.68. The van der Waals surface area contributed by atoms with Gasteiger partial charge in [0, 0.05) is 35.4 Å². The number of amides is 1. The number of aromatic nitrogens is 2. The summed E-state index contributed by atoms with van der Waals surface area (Å²) in [5, 5.41) is 23.1. The zero-order valence-electron chi connectivity index (χ0n) is 18.9. The maximum absolute atomic E-state index is 12.0. The van der Waals surface area contributed by atoms with Gasteiger partial charge in [-0.25, -0.2) is 9.78 Å². The lowest BCUT2D eigenvalue weighted by Crippen LogP contribution is -2.52. The number of rotatable bonds is 4. The van der Waals surface area contributed by atoms with Gasteiger partial charge < -0.3 is 21.1 Å². The van der Waals surface area contributed by atoms with Crippen LogP contribution in [0.5, 0.6) is 0 Å². The van der Waals surface area contributed by atoms with Gasteiger partial charge in [-0.15, -0.1) is 0 Å². The van der Waals surface area contributed by atoms with Gasteiger partial charge in [0.25, 0.3) is 0 Å².